The summed E-state index contributed by atoms with van der Waals surface area (Å²) in [6.45, 7) is 1.49. The molecule has 0 bridgehead atoms. The van der Waals surface area contributed by atoms with Crippen molar-refractivity contribution in [3.8, 4) is 23.3 Å². The molecule has 1 fully saturated rings. The molecule has 1 N–H and O–H groups in total. The van der Waals surface area contributed by atoms with E-state index in [9.17, 15) is 4.79 Å². The second-order valence-electron chi connectivity index (χ2n) is 8.61. The normalized spacial score (nSPS) is 15.6. The Morgan fingerprint density at radius 3 is 2.81 bits per heavy atom. The lowest BCUT2D eigenvalue weighted by Crippen LogP contribution is -2.40. The van der Waals surface area contributed by atoms with Crippen molar-refractivity contribution < 1.29 is 9.53 Å². The molecule has 1 unspecified atom stereocenters. The molecule has 0 spiro atoms. The first-order valence-corrected chi connectivity index (χ1v) is 12.3. The first-order valence-electron chi connectivity index (χ1n) is 11.9. The molecule has 180 valence electrons. The van der Waals surface area contributed by atoms with Crippen LogP contribution in [-0.4, -0.2) is 40.3 Å². The fourth-order valence-corrected chi connectivity index (χ4v) is 4.48. The molecular weight excluding hydrogens is 472 g/mol. The van der Waals surface area contributed by atoms with Crippen molar-refractivity contribution in [1.29, 1.82) is 0 Å². The van der Waals surface area contributed by atoms with Crippen molar-refractivity contribution in [2.75, 3.05) is 18.4 Å². The van der Waals surface area contributed by atoms with Gasteiger partial charge in [-0.05, 0) is 67.9 Å². The number of halogens is 1. The molecule has 7 heteroatoms. The van der Waals surface area contributed by atoms with E-state index in [0.717, 1.165) is 60.0 Å². The number of para-hydroxylation sites is 1. The molecule has 1 aromatic heterocycles. The number of ether oxygens (including phenoxy) is 1. The van der Waals surface area contributed by atoms with Gasteiger partial charge in [0.05, 0.1) is 23.1 Å². The van der Waals surface area contributed by atoms with Gasteiger partial charge in [0.2, 0.25) is 0 Å². The average molecular weight is 497 g/mol. The number of carbonyl (C=O) groups excluding carboxylic acids is 1. The van der Waals surface area contributed by atoms with E-state index >= 15 is 0 Å². The summed E-state index contributed by atoms with van der Waals surface area (Å²) in [5, 5.41) is 4.68. The summed E-state index contributed by atoms with van der Waals surface area (Å²) in [5.41, 5.74) is 2.46. The van der Waals surface area contributed by atoms with Gasteiger partial charge in [-0.2, -0.15) is 0 Å². The van der Waals surface area contributed by atoms with Crippen LogP contribution in [0.15, 0.2) is 73.1 Å². The summed E-state index contributed by atoms with van der Waals surface area (Å²) >= 11 is 6.49. The number of nitrogens with zero attached hydrogens (tertiary/aromatic N) is 3. The van der Waals surface area contributed by atoms with Crippen LogP contribution < -0.4 is 10.1 Å². The Bertz CT molecular complexity index is 1430. The van der Waals surface area contributed by atoms with Crippen molar-refractivity contribution in [1.82, 2.24) is 14.9 Å². The number of fused-ring (bicyclic) bond motifs is 1. The van der Waals surface area contributed by atoms with Crippen LogP contribution in [0, 0.1) is 11.8 Å². The third-order valence-corrected chi connectivity index (χ3v) is 6.43. The maximum Gasteiger partial charge on any atom is 0.146 e. The van der Waals surface area contributed by atoms with E-state index in [-0.39, 0.29) is 6.04 Å². The van der Waals surface area contributed by atoms with Crippen LogP contribution in [0.2, 0.25) is 5.02 Å². The third kappa shape index (κ3) is 5.65. The summed E-state index contributed by atoms with van der Waals surface area (Å²) in [7, 11) is 0. The van der Waals surface area contributed by atoms with Crippen molar-refractivity contribution in [3.05, 3.63) is 83.6 Å². The lowest BCUT2D eigenvalue weighted by Gasteiger charge is -2.30. The molecule has 4 aromatic rings. The van der Waals surface area contributed by atoms with E-state index in [0.29, 0.717) is 23.1 Å². The van der Waals surface area contributed by atoms with Gasteiger partial charge in [-0.15, -0.1) is 0 Å². The number of likely N-dealkylation sites (tertiary alicyclic amines) is 1. The molecule has 0 radical (unpaired) electrons. The van der Waals surface area contributed by atoms with E-state index in [1.165, 1.54) is 6.33 Å². The topological polar surface area (TPSA) is 67.4 Å². The maximum atomic E-state index is 11.3. The number of nitrogens with one attached hydrogen (secondary N) is 1. The van der Waals surface area contributed by atoms with Crippen LogP contribution in [0.5, 0.6) is 11.5 Å². The fraction of sp³-hybridized carbons (Fsp3) is 0.207. The van der Waals surface area contributed by atoms with Crippen LogP contribution >= 0.6 is 11.6 Å². The van der Waals surface area contributed by atoms with Crippen LogP contribution in [0.3, 0.4) is 0 Å². The number of carbonyl (C=O) groups is 1. The lowest BCUT2D eigenvalue weighted by molar-refractivity contribution is -0.113. The molecule has 6 nitrogen and oxygen atoms in total. The summed E-state index contributed by atoms with van der Waals surface area (Å²) in [4.78, 5) is 22.3. The van der Waals surface area contributed by atoms with Gasteiger partial charge < -0.3 is 14.8 Å². The predicted octanol–water partition coefficient (Wildman–Crippen LogP) is 6.22. The summed E-state index contributed by atoms with van der Waals surface area (Å²) in [6, 6.07) is 20.9. The Kier molecular flexibility index (Phi) is 7.41. The molecule has 1 saturated heterocycles. The van der Waals surface area contributed by atoms with Gasteiger partial charge in [-0.3, -0.25) is 4.90 Å². The first kappa shape index (κ1) is 23.8. The molecule has 2 heterocycles. The second kappa shape index (κ2) is 11.2. The van der Waals surface area contributed by atoms with E-state index < -0.39 is 0 Å². The minimum absolute atomic E-state index is 0.0230. The van der Waals surface area contributed by atoms with Gasteiger partial charge in [-0.1, -0.05) is 48.1 Å². The minimum atomic E-state index is -0.0230. The molecule has 1 aliphatic heterocycles. The Balaban J connectivity index is 1.34. The number of benzene rings is 3. The van der Waals surface area contributed by atoms with Crippen LogP contribution in [-0.2, 0) is 4.79 Å². The standard InChI is InChI=1S/C29H25ClN4O2/c30-26-18-22(12-14-28(26)36-24-9-2-1-3-10-24)33-29-25-17-21(11-13-27(25)31-20-32-29)7-6-16-34-15-5-4-8-23(34)19-35/h1-3,9-14,17-20,23H,4-5,8,15-16H2,(H,31,32,33). The predicted molar refractivity (Wildman–Crippen MR) is 143 cm³/mol. The van der Waals surface area contributed by atoms with Crippen molar-refractivity contribution >= 4 is 40.3 Å². The highest BCUT2D eigenvalue weighted by Crippen LogP contribution is 2.33. The minimum Gasteiger partial charge on any atom is -0.456 e. The van der Waals surface area contributed by atoms with Gasteiger partial charge in [0.1, 0.15) is 29.9 Å². The van der Waals surface area contributed by atoms with Gasteiger partial charge in [-0.25, -0.2) is 9.97 Å². The zero-order valence-electron chi connectivity index (χ0n) is 19.7. The first-order chi connectivity index (χ1) is 17.7. The molecule has 0 aliphatic carbocycles. The molecule has 0 saturated carbocycles. The highest BCUT2D eigenvalue weighted by molar-refractivity contribution is 6.32. The Morgan fingerprint density at radius 2 is 1.97 bits per heavy atom. The van der Waals surface area contributed by atoms with Crippen molar-refractivity contribution in [2.24, 2.45) is 0 Å². The van der Waals surface area contributed by atoms with Gasteiger partial charge in [0, 0.05) is 16.6 Å². The molecular formula is C29H25ClN4O2. The van der Waals surface area contributed by atoms with E-state index in [1.807, 2.05) is 60.7 Å². The number of aromatic nitrogens is 2. The molecule has 1 atom stereocenters. The third-order valence-electron chi connectivity index (χ3n) is 6.14. The fourth-order valence-electron chi connectivity index (χ4n) is 4.26. The largest absolute Gasteiger partial charge is 0.456 e. The summed E-state index contributed by atoms with van der Waals surface area (Å²) in [5.74, 6) is 8.41. The molecule has 5 rings (SSSR count). The number of hydrogen-bond donors (Lipinski definition) is 1. The monoisotopic (exact) mass is 496 g/mol. The highest BCUT2D eigenvalue weighted by Gasteiger charge is 2.20. The zero-order valence-corrected chi connectivity index (χ0v) is 20.4. The SMILES string of the molecule is O=CC1CCCCN1CC#Cc1ccc2ncnc(Nc3ccc(Oc4ccccc4)c(Cl)c3)c2c1. The number of rotatable bonds is 6. The Morgan fingerprint density at radius 1 is 1.08 bits per heavy atom. The number of piperidine rings is 1. The number of anilines is 2. The van der Waals surface area contributed by atoms with Crippen molar-refractivity contribution in [3.63, 3.8) is 0 Å². The zero-order chi connectivity index (χ0) is 24.7. The van der Waals surface area contributed by atoms with Gasteiger partial charge in [0.15, 0.2) is 0 Å². The Labute approximate surface area is 215 Å². The Hall–Kier alpha value is -3.92. The molecule has 0 amide bonds. The molecule has 1 aliphatic rings. The number of hydrogen-bond acceptors (Lipinski definition) is 6. The smallest absolute Gasteiger partial charge is 0.146 e. The van der Waals surface area contributed by atoms with Crippen LogP contribution in [0.25, 0.3) is 10.9 Å². The van der Waals surface area contributed by atoms with Gasteiger partial charge >= 0.3 is 0 Å². The maximum absolute atomic E-state index is 11.3. The van der Waals surface area contributed by atoms with Crippen molar-refractivity contribution in [2.45, 2.75) is 25.3 Å². The van der Waals surface area contributed by atoms with Crippen LogP contribution in [0.1, 0.15) is 24.8 Å². The highest BCUT2D eigenvalue weighted by atomic mass is 35.5. The molecule has 36 heavy (non-hydrogen) atoms. The number of aldehydes is 1. The summed E-state index contributed by atoms with van der Waals surface area (Å²) in [6.07, 6.45) is 5.69. The quantitative estimate of drug-likeness (QED) is 0.252. The van der Waals surface area contributed by atoms with E-state index in [2.05, 4.69) is 32.0 Å². The van der Waals surface area contributed by atoms with E-state index in [4.69, 9.17) is 16.3 Å². The summed E-state index contributed by atoms with van der Waals surface area (Å²) < 4.78 is 5.87. The average Bonchev–Trinajstić information content (AvgIpc) is 2.91. The molecule has 3 aromatic carbocycles. The van der Waals surface area contributed by atoms with Crippen LogP contribution in [0.4, 0.5) is 11.5 Å². The van der Waals surface area contributed by atoms with E-state index in [1.54, 1.807) is 6.07 Å². The van der Waals surface area contributed by atoms with Gasteiger partial charge in [0.25, 0.3) is 0 Å². The lowest BCUT2D eigenvalue weighted by atomic mass is 10.0. The second-order valence-corrected chi connectivity index (χ2v) is 9.02.